The lowest BCUT2D eigenvalue weighted by Crippen LogP contribution is -2.17. The molecule has 0 spiro atoms. The van der Waals surface area contributed by atoms with Crippen molar-refractivity contribution in [1.82, 2.24) is 5.32 Å². The average Bonchev–Trinajstić information content (AvgIpc) is 2.48. The number of hydrogen-bond acceptors (Lipinski definition) is 3. The van der Waals surface area contributed by atoms with Gasteiger partial charge in [-0.3, -0.25) is 0 Å². The van der Waals surface area contributed by atoms with Crippen LogP contribution in [0.1, 0.15) is 25.5 Å². The standard InChI is InChI=1S/C17H20BrNOS/c1-4-19-12(2)16-10-7-14(11-17(16)18)20-13-5-8-15(21-3)9-6-13/h5-12,19H,4H2,1-3H3. The third-order valence-corrected chi connectivity index (χ3v) is 4.67. The van der Waals surface area contributed by atoms with Gasteiger partial charge in [-0.2, -0.15) is 0 Å². The molecule has 1 unspecified atom stereocenters. The van der Waals surface area contributed by atoms with Gasteiger partial charge in [0.25, 0.3) is 0 Å². The van der Waals surface area contributed by atoms with Crippen LogP contribution in [0.2, 0.25) is 0 Å². The Hall–Kier alpha value is -0.970. The zero-order valence-corrected chi connectivity index (χ0v) is 14.9. The van der Waals surface area contributed by atoms with Crippen LogP contribution in [-0.4, -0.2) is 12.8 Å². The molecule has 0 radical (unpaired) electrons. The van der Waals surface area contributed by atoms with Crippen LogP contribution in [0.5, 0.6) is 11.5 Å². The fourth-order valence-corrected chi connectivity index (χ4v) is 3.23. The molecule has 0 saturated heterocycles. The van der Waals surface area contributed by atoms with Gasteiger partial charge in [-0.05, 0) is 61.7 Å². The molecule has 112 valence electrons. The molecule has 2 aromatic rings. The highest BCUT2D eigenvalue weighted by Gasteiger charge is 2.09. The van der Waals surface area contributed by atoms with Crippen molar-refractivity contribution in [2.75, 3.05) is 12.8 Å². The first-order valence-corrected chi connectivity index (χ1v) is 9.00. The minimum absolute atomic E-state index is 0.319. The van der Waals surface area contributed by atoms with Crippen LogP contribution in [0.15, 0.2) is 51.8 Å². The van der Waals surface area contributed by atoms with Gasteiger partial charge in [0.05, 0.1) is 0 Å². The highest BCUT2D eigenvalue weighted by molar-refractivity contribution is 9.10. The van der Waals surface area contributed by atoms with Crippen molar-refractivity contribution in [3.05, 3.63) is 52.5 Å². The first kappa shape index (κ1) is 16.4. The highest BCUT2D eigenvalue weighted by atomic mass is 79.9. The summed E-state index contributed by atoms with van der Waals surface area (Å²) >= 11 is 5.36. The molecule has 0 aliphatic carbocycles. The van der Waals surface area contributed by atoms with Crippen molar-refractivity contribution < 1.29 is 4.74 Å². The summed E-state index contributed by atoms with van der Waals surface area (Å²) in [7, 11) is 0. The maximum atomic E-state index is 5.89. The Labute approximate surface area is 139 Å². The highest BCUT2D eigenvalue weighted by Crippen LogP contribution is 2.30. The SMILES string of the molecule is CCNC(C)c1ccc(Oc2ccc(SC)cc2)cc1Br. The quantitative estimate of drug-likeness (QED) is 0.669. The van der Waals surface area contributed by atoms with Crippen molar-refractivity contribution in [1.29, 1.82) is 0 Å². The normalized spacial score (nSPS) is 12.2. The van der Waals surface area contributed by atoms with Crippen LogP contribution in [0.4, 0.5) is 0 Å². The molecule has 0 heterocycles. The fraction of sp³-hybridized carbons (Fsp3) is 0.294. The van der Waals surface area contributed by atoms with E-state index in [0.717, 1.165) is 22.5 Å². The van der Waals surface area contributed by atoms with Gasteiger partial charge in [-0.15, -0.1) is 11.8 Å². The average molecular weight is 366 g/mol. The summed E-state index contributed by atoms with van der Waals surface area (Å²) in [5.74, 6) is 1.69. The number of benzene rings is 2. The van der Waals surface area contributed by atoms with Crippen LogP contribution < -0.4 is 10.1 Å². The van der Waals surface area contributed by atoms with E-state index in [1.807, 2.05) is 24.3 Å². The molecule has 0 saturated carbocycles. The van der Waals surface area contributed by atoms with E-state index in [2.05, 4.69) is 59.5 Å². The van der Waals surface area contributed by atoms with Crippen LogP contribution in [-0.2, 0) is 0 Å². The van der Waals surface area contributed by atoms with Crippen LogP contribution in [0.25, 0.3) is 0 Å². The van der Waals surface area contributed by atoms with Gasteiger partial charge in [-0.25, -0.2) is 0 Å². The molecule has 1 atom stereocenters. The van der Waals surface area contributed by atoms with E-state index in [4.69, 9.17) is 4.74 Å². The van der Waals surface area contributed by atoms with Gasteiger partial charge in [-0.1, -0.05) is 28.9 Å². The molecule has 4 heteroatoms. The molecule has 2 rings (SSSR count). The van der Waals surface area contributed by atoms with Gasteiger partial charge in [0, 0.05) is 15.4 Å². The van der Waals surface area contributed by atoms with Gasteiger partial charge < -0.3 is 10.1 Å². The van der Waals surface area contributed by atoms with E-state index in [9.17, 15) is 0 Å². The predicted octanol–water partition coefficient (Wildman–Crippen LogP) is 5.63. The zero-order valence-electron chi connectivity index (χ0n) is 12.5. The number of rotatable bonds is 6. The molecule has 0 amide bonds. The summed E-state index contributed by atoms with van der Waals surface area (Å²) < 4.78 is 6.96. The van der Waals surface area contributed by atoms with E-state index < -0.39 is 0 Å². The van der Waals surface area contributed by atoms with E-state index in [-0.39, 0.29) is 0 Å². The van der Waals surface area contributed by atoms with E-state index in [1.54, 1.807) is 11.8 Å². The molecule has 0 bridgehead atoms. The third kappa shape index (κ3) is 4.50. The summed E-state index contributed by atoms with van der Waals surface area (Å²) in [5, 5.41) is 3.41. The Morgan fingerprint density at radius 3 is 2.38 bits per heavy atom. The Morgan fingerprint density at radius 1 is 1.14 bits per heavy atom. The largest absolute Gasteiger partial charge is 0.457 e. The molecule has 0 aliphatic heterocycles. The molecule has 0 aliphatic rings. The topological polar surface area (TPSA) is 21.3 Å². The second-order valence-electron chi connectivity index (χ2n) is 4.74. The molecular weight excluding hydrogens is 346 g/mol. The third-order valence-electron chi connectivity index (χ3n) is 3.24. The first-order valence-electron chi connectivity index (χ1n) is 6.98. The smallest absolute Gasteiger partial charge is 0.128 e. The minimum atomic E-state index is 0.319. The number of ether oxygens (including phenoxy) is 1. The second kappa shape index (κ2) is 7.87. The van der Waals surface area contributed by atoms with Crippen molar-refractivity contribution in [3.8, 4) is 11.5 Å². The van der Waals surface area contributed by atoms with E-state index in [0.29, 0.717) is 6.04 Å². The van der Waals surface area contributed by atoms with Crippen LogP contribution in [0, 0.1) is 0 Å². The Balaban J connectivity index is 2.12. The summed E-state index contributed by atoms with van der Waals surface area (Å²) in [6, 6.07) is 14.6. The van der Waals surface area contributed by atoms with Gasteiger partial charge >= 0.3 is 0 Å². The lowest BCUT2D eigenvalue weighted by atomic mass is 10.1. The molecule has 21 heavy (non-hydrogen) atoms. The summed E-state index contributed by atoms with van der Waals surface area (Å²) in [6.07, 6.45) is 2.07. The summed E-state index contributed by atoms with van der Waals surface area (Å²) in [5.41, 5.74) is 1.24. The Morgan fingerprint density at radius 2 is 1.81 bits per heavy atom. The van der Waals surface area contributed by atoms with Crippen LogP contribution >= 0.6 is 27.7 Å². The lowest BCUT2D eigenvalue weighted by molar-refractivity contribution is 0.481. The van der Waals surface area contributed by atoms with Gasteiger partial charge in [0.2, 0.25) is 0 Å². The summed E-state index contributed by atoms with van der Waals surface area (Å²) in [6.45, 7) is 5.22. The molecule has 2 aromatic carbocycles. The van der Waals surface area contributed by atoms with E-state index in [1.165, 1.54) is 10.5 Å². The van der Waals surface area contributed by atoms with Crippen molar-refractivity contribution in [2.45, 2.75) is 24.8 Å². The van der Waals surface area contributed by atoms with Crippen molar-refractivity contribution in [2.24, 2.45) is 0 Å². The molecule has 0 fully saturated rings. The Kier molecular flexibility index (Phi) is 6.15. The summed E-state index contributed by atoms with van der Waals surface area (Å²) in [4.78, 5) is 1.23. The predicted molar refractivity (Wildman–Crippen MR) is 94.5 cm³/mol. The zero-order chi connectivity index (χ0) is 15.2. The number of halogens is 1. The number of hydrogen-bond donors (Lipinski definition) is 1. The van der Waals surface area contributed by atoms with Crippen molar-refractivity contribution in [3.63, 3.8) is 0 Å². The Bertz CT molecular complexity index is 586. The van der Waals surface area contributed by atoms with Crippen molar-refractivity contribution >= 4 is 27.7 Å². The maximum absolute atomic E-state index is 5.89. The molecular formula is C17H20BrNOS. The van der Waals surface area contributed by atoms with E-state index >= 15 is 0 Å². The first-order chi connectivity index (χ1) is 10.1. The lowest BCUT2D eigenvalue weighted by Gasteiger charge is -2.15. The maximum Gasteiger partial charge on any atom is 0.128 e. The number of thioether (sulfide) groups is 1. The monoisotopic (exact) mass is 365 g/mol. The molecule has 1 N–H and O–H groups in total. The fourth-order valence-electron chi connectivity index (χ4n) is 2.12. The van der Waals surface area contributed by atoms with Gasteiger partial charge in [0.15, 0.2) is 0 Å². The molecule has 0 aromatic heterocycles. The van der Waals surface area contributed by atoms with Gasteiger partial charge in [0.1, 0.15) is 11.5 Å². The molecule has 2 nitrogen and oxygen atoms in total. The minimum Gasteiger partial charge on any atom is -0.457 e. The van der Waals surface area contributed by atoms with Crippen LogP contribution in [0.3, 0.4) is 0 Å². The number of nitrogens with one attached hydrogen (secondary N) is 1. The second-order valence-corrected chi connectivity index (χ2v) is 6.47.